The van der Waals surface area contributed by atoms with Crippen molar-refractivity contribution in [3.8, 4) is 0 Å². The van der Waals surface area contributed by atoms with Crippen molar-refractivity contribution in [1.82, 2.24) is 9.97 Å². The summed E-state index contributed by atoms with van der Waals surface area (Å²) in [6.07, 6.45) is 6.66. The molecule has 1 aliphatic carbocycles. The Bertz CT molecular complexity index is 609. The van der Waals surface area contributed by atoms with Gasteiger partial charge in [-0.1, -0.05) is 0 Å². The zero-order valence-electron chi connectivity index (χ0n) is 15.1. The van der Waals surface area contributed by atoms with E-state index < -0.39 is 18.4 Å². The predicted octanol–water partition coefficient (Wildman–Crippen LogP) is 1.99. The number of carbonyl (C=O) groups is 1. The summed E-state index contributed by atoms with van der Waals surface area (Å²) in [5, 5.41) is 3.11. The molecule has 6 nitrogen and oxygen atoms in total. The molecule has 0 unspecified atom stereocenters. The van der Waals surface area contributed by atoms with Gasteiger partial charge in [0.2, 0.25) is 0 Å². The summed E-state index contributed by atoms with van der Waals surface area (Å²) in [6, 6.07) is 0. The van der Waals surface area contributed by atoms with E-state index in [4.69, 9.17) is 9.72 Å². The van der Waals surface area contributed by atoms with Crippen LogP contribution in [-0.4, -0.2) is 60.6 Å². The molecule has 24 heavy (non-hydrogen) atoms. The number of ether oxygens (including phenoxy) is 1. The molecule has 1 amide bonds. The zero-order chi connectivity index (χ0) is 17.3. The van der Waals surface area contributed by atoms with E-state index in [1.165, 1.54) is 0 Å². The van der Waals surface area contributed by atoms with E-state index in [9.17, 15) is 4.79 Å². The van der Waals surface area contributed by atoms with Crippen LogP contribution in [0.3, 0.4) is 0 Å². The Morgan fingerprint density at radius 1 is 1.29 bits per heavy atom. The number of rotatable bonds is 4. The minimum absolute atomic E-state index is 0.104. The Labute approximate surface area is 148 Å². The number of fused-ring (bicyclic) bond motifs is 1. The van der Waals surface area contributed by atoms with Crippen molar-refractivity contribution < 1.29 is 9.53 Å². The van der Waals surface area contributed by atoms with Crippen molar-refractivity contribution in [2.75, 3.05) is 30.4 Å². The number of nitrogens with zero attached hydrogens (tertiary/aromatic N) is 3. The number of carbonyl (C=O) groups excluding carboxylic acids is 1. The monoisotopic (exact) mass is 440 g/mol. The molecule has 2 aliphatic rings. The van der Waals surface area contributed by atoms with Crippen LogP contribution in [-0.2, 0) is 9.53 Å². The van der Waals surface area contributed by atoms with Gasteiger partial charge in [0.1, 0.15) is 0 Å². The van der Waals surface area contributed by atoms with E-state index in [0.717, 1.165) is 47.6 Å². The number of methoxy groups -OCH3 is 1. The number of amides is 1. The van der Waals surface area contributed by atoms with Crippen molar-refractivity contribution in [2.45, 2.75) is 46.6 Å². The van der Waals surface area contributed by atoms with Gasteiger partial charge in [-0.3, -0.25) is 0 Å². The van der Waals surface area contributed by atoms with E-state index in [2.05, 4.69) is 25.1 Å². The molecular weight excluding hydrogens is 411 g/mol. The first-order chi connectivity index (χ1) is 11.4. The average molecular weight is 439 g/mol. The molecule has 1 fully saturated rings. The summed E-state index contributed by atoms with van der Waals surface area (Å²) in [5.41, 5.74) is 0. The fourth-order valence-corrected chi connectivity index (χ4v) is 5.97. The SMILES string of the molecule is COC1CCC(CN2C(=O)CNc3nc[c]([Sn]([CH3])([CH3])[CH3])nc32)CC1. The molecule has 0 atom stereocenters. The molecule has 7 heteroatoms. The second-order valence-corrected chi connectivity index (χ2v) is 22.2. The fourth-order valence-electron chi connectivity index (χ4n) is 3.42. The van der Waals surface area contributed by atoms with Crippen molar-refractivity contribution in [3.63, 3.8) is 0 Å². The maximum atomic E-state index is 12.5. The second kappa shape index (κ2) is 7.15. The molecule has 2 heterocycles. The van der Waals surface area contributed by atoms with E-state index in [1.54, 1.807) is 7.11 Å². The van der Waals surface area contributed by atoms with Gasteiger partial charge in [-0.2, -0.15) is 0 Å². The van der Waals surface area contributed by atoms with Crippen molar-refractivity contribution in [3.05, 3.63) is 6.20 Å². The molecule has 0 radical (unpaired) electrons. The number of hydrogen-bond acceptors (Lipinski definition) is 5. The van der Waals surface area contributed by atoms with Gasteiger partial charge in [0.15, 0.2) is 0 Å². The molecule has 1 aliphatic heterocycles. The van der Waals surface area contributed by atoms with Gasteiger partial charge in [0, 0.05) is 0 Å². The number of aromatic nitrogens is 2. The van der Waals surface area contributed by atoms with Gasteiger partial charge in [-0.25, -0.2) is 0 Å². The first kappa shape index (κ1) is 17.9. The Balaban J connectivity index is 1.80. The molecule has 0 aromatic carbocycles. The summed E-state index contributed by atoms with van der Waals surface area (Å²) < 4.78 is 6.57. The van der Waals surface area contributed by atoms with Crippen LogP contribution >= 0.6 is 0 Å². The molecule has 0 bridgehead atoms. The number of nitrogens with one attached hydrogen (secondary N) is 1. The first-order valence-corrected chi connectivity index (χ1v) is 18.8. The molecule has 1 saturated carbocycles. The molecule has 0 saturated heterocycles. The minimum atomic E-state index is -2.32. The quantitative estimate of drug-likeness (QED) is 0.728. The van der Waals surface area contributed by atoms with Crippen molar-refractivity contribution in [2.24, 2.45) is 5.92 Å². The first-order valence-electron chi connectivity index (χ1n) is 8.83. The number of anilines is 2. The number of hydrogen-bond donors (Lipinski definition) is 1. The fraction of sp³-hybridized carbons (Fsp3) is 0.706. The standard InChI is InChI=1S/C14H19N4O2.3CH3.Sn/c1-20-11-4-2-10(3-5-11)9-18-12(19)8-17-13-14(18)16-7-6-15-13;;;;/h6,10-11H,2-5,8-9H2,1H3,(H,15,17);3*1H3;. The van der Waals surface area contributed by atoms with Crippen LogP contribution in [0.15, 0.2) is 6.20 Å². The Hall–Kier alpha value is -0.891. The second-order valence-electron chi connectivity index (χ2n) is 7.91. The third kappa shape index (κ3) is 3.85. The van der Waals surface area contributed by atoms with E-state index in [1.807, 2.05) is 11.1 Å². The van der Waals surface area contributed by atoms with Gasteiger partial charge in [0.25, 0.3) is 0 Å². The third-order valence-corrected chi connectivity index (χ3v) is 10.1. The van der Waals surface area contributed by atoms with Gasteiger partial charge in [-0.05, 0) is 0 Å². The van der Waals surface area contributed by atoms with Crippen LogP contribution in [0.5, 0.6) is 0 Å². The van der Waals surface area contributed by atoms with Crippen LogP contribution in [0.4, 0.5) is 11.6 Å². The normalized spacial score (nSPS) is 24.5. The van der Waals surface area contributed by atoms with Crippen LogP contribution < -0.4 is 13.9 Å². The Morgan fingerprint density at radius 3 is 2.62 bits per heavy atom. The molecule has 1 N–H and O–H groups in total. The molecule has 3 rings (SSSR count). The van der Waals surface area contributed by atoms with E-state index in [-0.39, 0.29) is 5.91 Å². The Kier molecular flexibility index (Phi) is 5.34. The van der Waals surface area contributed by atoms with Gasteiger partial charge >= 0.3 is 148 Å². The van der Waals surface area contributed by atoms with Gasteiger partial charge < -0.3 is 0 Å². The van der Waals surface area contributed by atoms with E-state index in [0.29, 0.717) is 18.6 Å². The average Bonchev–Trinajstić information content (AvgIpc) is 2.57. The molecule has 1 aromatic rings. The molecule has 0 spiro atoms. The third-order valence-electron chi connectivity index (χ3n) is 5.05. The van der Waals surface area contributed by atoms with Gasteiger partial charge in [0.05, 0.1) is 0 Å². The van der Waals surface area contributed by atoms with Crippen LogP contribution in [0.1, 0.15) is 25.7 Å². The van der Waals surface area contributed by atoms with Crippen molar-refractivity contribution in [1.29, 1.82) is 0 Å². The molecule has 132 valence electrons. The van der Waals surface area contributed by atoms with Crippen molar-refractivity contribution >= 4 is 39.6 Å². The summed E-state index contributed by atoms with van der Waals surface area (Å²) in [7, 11) is 1.79. The van der Waals surface area contributed by atoms with E-state index >= 15 is 0 Å². The summed E-state index contributed by atoms with van der Waals surface area (Å²) in [6.45, 7) is 1.06. The maximum absolute atomic E-state index is 12.5. The molecule has 1 aromatic heterocycles. The van der Waals surface area contributed by atoms with Crippen LogP contribution in [0.25, 0.3) is 0 Å². The van der Waals surface area contributed by atoms with Crippen LogP contribution in [0, 0.1) is 5.92 Å². The van der Waals surface area contributed by atoms with Crippen LogP contribution in [0.2, 0.25) is 14.8 Å². The molecular formula is C17H28N4O2Sn. The summed E-state index contributed by atoms with van der Waals surface area (Å²) in [5.74, 6) is 2.12. The van der Waals surface area contributed by atoms with Gasteiger partial charge in [-0.15, -0.1) is 0 Å². The topological polar surface area (TPSA) is 67.3 Å². The zero-order valence-corrected chi connectivity index (χ0v) is 18.0. The summed E-state index contributed by atoms with van der Waals surface area (Å²) in [4.78, 5) is 30.7. The Morgan fingerprint density at radius 2 is 2.00 bits per heavy atom. The summed E-state index contributed by atoms with van der Waals surface area (Å²) >= 11 is -2.32. The predicted molar refractivity (Wildman–Crippen MR) is 98.6 cm³/mol.